The maximum absolute atomic E-state index is 12.0. The maximum Gasteiger partial charge on any atom is 0.410 e. The highest BCUT2D eigenvalue weighted by Gasteiger charge is 2.35. The average molecular weight is 424 g/mol. The molecule has 0 bridgehead atoms. The number of amides is 1. The van der Waals surface area contributed by atoms with Crippen LogP contribution in [-0.4, -0.2) is 35.8 Å². The molecule has 1 aliphatic heterocycles. The Morgan fingerprint density at radius 1 is 1.14 bits per heavy atom. The van der Waals surface area contributed by atoms with E-state index in [0.29, 0.717) is 35.5 Å². The molecule has 0 saturated carbocycles. The van der Waals surface area contributed by atoms with Crippen molar-refractivity contribution in [3.63, 3.8) is 0 Å². The van der Waals surface area contributed by atoms with Gasteiger partial charge >= 0.3 is 6.09 Å². The summed E-state index contributed by atoms with van der Waals surface area (Å²) >= 11 is 12.0. The van der Waals surface area contributed by atoms with Gasteiger partial charge in [-0.15, -0.1) is 0 Å². The Bertz CT molecular complexity index is 845. The molecule has 28 heavy (non-hydrogen) atoms. The minimum Gasteiger partial charge on any atom is -0.487 e. The highest BCUT2D eigenvalue weighted by molar-refractivity contribution is 6.35. The van der Waals surface area contributed by atoms with Gasteiger partial charge in [0.05, 0.1) is 18.1 Å². The molecule has 5 nitrogen and oxygen atoms in total. The van der Waals surface area contributed by atoms with Gasteiger partial charge in [-0.1, -0.05) is 35.3 Å². The molecule has 0 aliphatic carbocycles. The second-order valence-corrected chi connectivity index (χ2v) is 8.48. The standard InChI is InChI=1S/C21H23Cl2NO4/c1-21(2,3)28-20(25)24-11-17(12-24)27-16-6-4-5-14(9-16)13-26-19-8-7-15(22)10-18(19)23/h4-10,17H,11-13H2,1-3H3. The molecule has 3 rings (SSSR count). The Labute approximate surface area is 175 Å². The van der Waals surface area contributed by atoms with Crippen molar-refractivity contribution in [2.24, 2.45) is 0 Å². The van der Waals surface area contributed by atoms with E-state index in [-0.39, 0.29) is 12.2 Å². The number of carbonyl (C=O) groups is 1. The highest BCUT2D eigenvalue weighted by Crippen LogP contribution is 2.28. The zero-order chi connectivity index (χ0) is 20.3. The molecule has 1 fully saturated rings. The van der Waals surface area contributed by atoms with Crippen LogP contribution in [0.15, 0.2) is 42.5 Å². The van der Waals surface area contributed by atoms with E-state index in [1.54, 1.807) is 23.1 Å². The van der Waals surface area contributed by atoms with Gasteiger partial charge in [-0.2, -0.15) is 0 Å². The van der Waals surface area contributed by atoms with Crippen LogP contribution in [0.3, 0.4) is 0 Å². The van der Waals surface area contributed by atoms with Gasteiger partial charge in [0.2, 0.25) is 0 Å². The molecule has 1 heterocycles. The lowest BCUT2D eigenvalue weighted by atomic mass is 10.1. The van der Waals surface area contributed by atoms with Crippen LogP contribution in [0, 0.1) is 0 Å². The van der Waals surface area contributed by atoms with Gasteiger partial charge in [-0.3, -0.25) is 0 Å². The van der Waals surface area contributed by atoms with E-state index in [9.17, 15) is 4.79 Å². The first-order valence-corrected chi connectivity index (χ1v) is 9.76. The van der Waals surface area contributed by atoms with Crippen LogP contribution in [0.2, 0.25) is 10.0 Å². The summed E-state index contributed by atoms with van der Waals surface area (Å²) < 4.78 is 17.0. The zero-order valence-electron chi connectivity index (χ0n) is 16.1. The molecule has 1 saturated heterocycles. The molecule has 0 spiro atoms. The van der Waals surface area contributed by atoms with Gasteiger partial charge in [0.15, 0.2) is 0 Å². The second kappa shape index (κ2) is 8.50. The number of hydrogen-bond donors (Lipinski definition) is 0. The summed E-state index contributed by atoms with van der Waals surface area (Å²) in [5.41, 5.74) is 0.455. The topological polar surface area (TPSA) is 48.0 Å². The van der Waals surface area contributed by atoms with Gasteiger partial charge in [-0.25, -0.2) is 4.79 Å². The van der Waals surface area contributed by atoms with Crippen molar-refractivity contribution in [3.05, 3.63) is 58.1 Å². The summed E-state index contributed by atoms with van der Waals surface area (Å²) in [5.74, 6) is 1.31. The molecular weight excluding hydrogens is 401 g/mol. The van der Waals surface area contributed by atoms with Gasteiger partial charge in [0.1, 0.15) is 29.8 Å². The molecular formula is C21H23Cl2NO4. The third-order valence-electron chi connectivity index (χ3n) is 3.99. The predicted molar refractivity (Wildman–Crippen MR) is 109 cm³/mol. The molecule has 0 unspecified atom stereocenters. The number of benzene rings is 2. The Morgan fingerprint density at radius 2 is 1.89 bits per heavy atom. The average Bonchev–Trinajstić information content (AvgIpc) is 2.55. The summed E-state index contributed by atoms with van der Waals surface area (Å²) in [4.78, 5) is 13.6. The lowest BCUT2D eigenvalue weighted by molar-refractivity contribution is -0.0221. The largest absolute Gasteiger partial charge is 0.487 e. The number of hydrogen-bond acceptors (Lipinski definition) is 4. The Morgan fingerprint density at radius 3 is 2.57 bits per heavy atom. The van der Waals surface area contributed by atoms with Crippen LogP contribution in [0.1, 0.15) is 26.3 Å². The van der Waals surface area contributed by atoms with E-state index in [1.165, 1.54) is 0 Å². The van der Waals surface area contributed by atoms with E-state index in [4.69, 9.17) is 37.4 Å². The maximum atomic E-state index is 12.0. The smallest absolute Gasteiger partial charge is 0.410 e. The number of carbonyl (C=O) groups excluding carboxylic acids is 1. The molecule has 1 amide bonds. The summed E-state index contributed by atoms with van der Waals surface area (Å²) in [6, 6.07) is 12.8. The van der Waals surface area contributed by atoms with Crippen molar-refractivity contribution >= 4 is 29.3 Å². The summed E-state index contributed by atoms with van der Waals surface area (Å²) in [6.45, 7) is 6.93. The molecule has 0 radical (unpaired) electrons. The molecule has 0 N–H and O–H groups in total. The van der Waals surface area contributed by atoms with Crippen molar-refractivity contribution in [1.82, 2.24) is 4.90 Å². The Hall–Kier alpha value is -2.11. The van der Waals surface area contributed by atoms with Crippen LogP contribution in [-0.2, 0) is 11.3 Å². The Kier molecular flexibility index (Phi) is 6.26. The summed E-state index contributed by atoms with van der Waals surface area (Å²) in [7, 11) is 0. The van der Waals surface area contributed by atoms with E-state index in [2.05, 4.69) is 0 Å². The van der Waals surface area contributed by atoms with E-state index in [0.717, 1.165) is 11.3 Å². The zero-order valence-corrected chi connectivity index (χ0v) is 17.6. The van der Waals surface area contributed by atoms with E-state index in [1.807, 2.05) is 45.0 Å². The fourth-order valence-electron chi connectivity index (χ4n) is 2.64. The second-order valence-electron chi connectivity index (χ2n) is 7.64. The number of halogens is 2. The lowest BCUT2D eigenvalue weighted by Gasteiger charge is -2.39. The Balaban J connectivity index is 1.50. The van der Waals surface area contributed by atoms with Gasteiger partial charge < -0.3 is 19.1 Å². The van der Waals surface area contributed by atoms with Crippen LogP contribution in [0.25, 0.3) is 0 Å². The number of rotatable bonds is 5. The van der Waals surface area contributed by atoms with Crippen LogP contribution in [0.4, 0.5) is 4.79 Å². The fourth-order valence-corrected chi connectivity index (χ4v) is 3.11. The number of ether oxygens (including phenoxy) is 3. The monoisotopic (exact) mass is 423 g/mol. The normalized spacial score (nSPS) is 14.4. The van der Waals surface area contributed by atoms with Gasteiger partial charge in [0, 0.05) is 5.02 Å². The number of likely N-dealkylation sites (tertiary alicyclic amines) is 1. The first-order chi connectivity index (χ1) is 13.2. The SMILES string of the molecule is CC(C)(C)OC(=O)N1CC(Oc2cccc(COc3ccc(Cl)cc3Cl)c2)C1. The quantitative estimate of drug-likeness (QED) is 0.630. The summed E-state index contributed by atoms with van der Waals surface area (Å²) in [5, 5.41) is 1.03. The van der Waals surface area contributed by atoms with Crippen LogP contribution in [0.5, 0.6) is 11.5 Å². The highest BCUT2D eigenvalue weighted by atomic mass is 35.5. The van der Waals surface area contributed by atoms with Crippen molar-refractivity contribution in [1.29, 1.82) is 0 Å². The lowest BCUT2D eigenvalue weighted by Crippen LogP contribution is -2.57. The molecule has 0 atom stereocenters. The van der Waals surface area contributed by atoms with Crippen molar-refractivity contribution < 1.29 is 19.0 Å². The first-order valence-electron chi connectivity index (χ1n) is 9.01. The van der Waals surface area contributed by atoms with Crippen molar-refractivity contribution in [2.45, 2.75) is 39.1 Å². The minimum absolute atomic E-state index is 0.0469. The molecule has 7 heteroatoms. The van der Waals surface area contributed by atoms with Crippen LogP contribution >= 0.6 is 23.2 Å². The molecule has 2 aromatic carbocycles. The third-order valence-corrected chi connectivity index (χ3v) is 4.52. The van der Waals surface area contributed by atoms with E-state index < -0.39 is 5.60 Å². The molecule has 150 valence electrons. The predicted octanol–water partition coefficient (Wildman–Crippen LogP) is 5.57. The first kappa shape index (κ1) is 20.6. The minimum atomic E-state index is -0.496. The van der Waals surface area contributed by atoms with Crippen molar-refractivity contribution in [2.75, 3.05) is 13.1 Å². The van der Waals surface area contributed by atoms with Gasteiger partial charge in [-0.05, 0) is 56.7 Å². The summed E-state index contributed by atoms with van der Waals surface area (Å²) in [6.07, 6.45) is -0.358. The molecule has 1 aliphatic rings. The van der Waals surface area contributed by atoms with Crippen LogP contribution < -0.4 is 9.47 Å². The molecule has 0 aromatic heterocycles. The molecule has 2 aromatic rings. The van der Waals surface area contributed by atoms with E-state index >= 15 is 0 Å². The van der Waals surface area contributed by atoms with Crippen molar-refractivity contribution in [3.8, 4) is 11.5 Å². The number of nitrogens with zero attached hydrogens (tertiary/aromatic N) is 1. The fraction of sp³-hybridized carbons (Fsp3) is 0.381. The van der Waals surface area contributed by atoms with Gasteiger partial charge in [0.25, 0.3) is 0 Å². The third kappa shape index (κ3) is 5.69.